The number of benzene rings is 1. The van der Waals surface area contributed by atoms with Gasteiger partial charge in [-0.15, -0.1) is 0 Å². The molecule has 4 rings (SSSR count). The Morgan fingerprint density at radius 1 is 1.07 bits per heavy atom. The number of anilines is 1. The molecular formula is C23H23N5O. The van der Waals surface area contributed by atoms with E-state index in [1.54, 1.807) is 23.0 Å². The van der Waals surface area contributed by atoms with Crippen molar-refractivity contribution in [1.29, 1.82) is 0 Å². The molecule has 0 unspecified atom stereocenters. The lowest BCUT2D eigenvalue weighted by molar-refractivity contribution is 0.102. The lowest BCUT2D eigenvalue weighted by atomic mass is 10.1. The van der Waals surface area contributed by atoms with Crippen LogP contribution >= 0.6 is 0 Å². The molecule has 0 aliphatic rings. The standard InChI is InChI=1S/C23H23N5O/c1-5-17-7-9-18(10-8-17)28-22-21(16(4)27-28)19(12-15(3)25-22)23(29)26-20-11-6-14(2)13-24-20/h6-13H,5H2,1-4H3,(H,24,26,29). The normalized spacial score (nSPS) is 11.0. The average molecular weight is 385 g/mol. The summed E-state index contributed by atoms with van der Waals surface area (Å²) in [7, 11) is 0. The molecule has 0 bridgehead atoms. The predicted molar refractivity (Wildman–Crippen MR) is 115 cm³/mol. The first-order chi connectivity index (χ1) is 14.0. The van der Waals surface area contributed by atoms with Crippen LogP contribution in [-0.2, 0) is 6.42 Å². The van der Waals surface area contributed by atoms with Gasteiger partial charge in [0.15, 0.2) is 5.65 Å². The molecule has 6 heteroatoms. The highest BCUT2D eigenvalue weighted by Crippen LogP contribution is 2.25. The van der Waals surface area contributed by atoms with Crippen LogP contribution in [-0.4, -0.2) is 25.7 Å². The number of aromatic nitrogens is 4. The maximum atomic E-state index is 13.0. The smallest absolute Gasteiger partial charge is 0.257 e. The van der Waals surface area contributed by atoms with Crippen LogP contribution < -0.4 is 5.32 Å². The fourth-order valence-electron chi connectivity index (χ4n) is 3.37. The van der Waals surface area contributed by atoms with Crippen LogP contribution in [0.3, 0.4) is 0 Å². The molecular weight excluding hydrogens is 362 g/mol. The Hall–Kier alpha value is -3.54. The largest absolute Gasteiger partial charge is 0.307 e. The van der Waals surface area contributed by atoms with Gasteiger partial charge in [0.25, 0.3) is 5.91 Å². The lowest BCUT2D eigenvalue weighted by Crippen LogP contribution is -2.14. The van der Waals surface area contributed by atoms with Crippen molar-refractivity contribution in [2.45, 2.75) is 34.1 Å². The van der Waals surface area contributed by atoms with Crippen LogP contribution in [0.5, 0.6) is 0 Å². The minimum absolute atomic E-state index is 0.221. The summed E-state index contributed by atoms with van der Waals surface area (Å²) in [4.78, 5) is 22.0. The van der Waals surface area contributed by atoms with E-state index >= 15 is 0 Å². The molecule has 0 fully saturated rings. The molecule has 0 atom stereocenters. The summed E-state index contributed by atoms with van der Waals surface area (Å²) in [6.07, 6.45) is 2.71. The van der Waals surface area contributed by atoms with Crippen LogP contribution in [0.15, 0.2) is 48.7 Å². The van der Waals surface area contributed by atoms with Gasteiger partial charge in [0.1, 0.15) is 5.82 Å². The lowest BCUT2D eigenvalue weighted by Gasteiger charge is -2.08. The number of amides is 1. The number of nitrogens with zero attached hydrogens (tertiary/aromatic N) is 4. The summed E-state index contributed by atoms with van der Waals surface area (Å²) in [5.74, 6) is 0.296. The van der Waals surface area contributed by atoms with Gasteiger partial charge < -0.3 is 5.32 Å². The van der Waals surface area contributed by atoms with E-state index in [1.807, 2.05) is 39.0 Å². The van der Waals surface area contributed by atoms with Gasteiger partial charge in [0.2, 0.25) is 0 Å². The highest BCUT2D eigenvalue weighted by atomic mass is 16.1. The first kappa shape index (κ1) is 18.8. The topological polar surface area (TPSA) is 72.7 Å². The zero-order valence-electron chi connectivity index (χ0n) is 17.0. The van der Waals surface area contributed by atoms with Crippen molar-refractivity contribution in [3.8, 4) is 5.69 Å². The molecule has 0 aliphatic heterocycles. The molecule has 0 radical (unpaired) electrons. The monoisotopic (exact) mass is 385 g/mol. The number of hydrogen-bond acceptors (Lipinski definition) is 4. The first-order valence-corrected chi connectivity index (χ1v) is 9.66. The molecule has 0 aliphatic carbocycles. The summed E-state index contributed by atoms with van der Waals surface area (Å²) >= 11 is 0. The summed E-state index contributed by atoms with van der Waals surface area (Å²) in [6.45, 7) is 7.87. The number of pyridine rings is 2. The van der Waals surface area contributed by atoms with Gasteiger partial charge in [-0.1, -0.05) is 25.1 Å². The Balaban J connectivity index is 1.80. The molecule has 3 heterocycles. The summed E-state index contributed by atoms with van der Waals surface area (Å²) in [6, 6.07) is 13.7. The molecule has 1 amide bonds. The third-order valence-electron chi connectivity index (χ3n) is 4.93. The van der Waals surface area contributed by atoms with E-state index < -0.39 is 0 Å². The van der Waals surface area contributed by atoms with Crippen molar-refractivity contribution in [3.63, 3.8) is 0 Å². The Morgan fingerprint density at radius 3 is 2.48 bits per heavy atom. The highest BCUT2D eigenvalue weighted by molar-refractivity contribution is 6.12. The second-order valence-electron chi connectivity index (χ2n) is 7.20. The first-order valence-electron chi connectivity index (χ1n) is 9.66. The van der Waals surface area contributed by atoms with Crippen LogP contribution in [0.1, 0.15) is 39.8 Å². The van der Waals surface area contributed by atoms with Gasteiger partial charge in [-0.3, -0.25) is 4.79 Å². The van der Waals surface area contributed by atoms with E-state index in [0.29, 0.717) is 17.0 Å². The fraction of sp³-hybridized carbons (Fsp3) is 0.217. The Morgan fingerprint density at radius 2 is 1.83 bits per heavy atom. The number of aryl methyl sites for hydroxylation is 4. The second-order valence-corrected chi connectivity index (χ2v) is 7.20. The molecule has 1 N–H and O–H groups in total. The van der Waals surface area contributed by atoms with E-state index in [2.05, 4.69) is 39.4 Å². The predicted octanol–water partition coefficient (Wildman–Crippen LogP) is 4.56. The number of hydrogen-bond donors (Lipinski definition) is 1. The zero-order chi connectivity index (χ0) is 20.5. The van der Waals surface area contributed by atoms with Gasteiger partial charge in [-0.25, -0.2) is 14.6 Å². The van der Waals surface area contributed by atoms with Crippen LogP contribution in [0, 0.1) is 20.8 Å². The zero-order valence-corrected chi connectivity index (χ0v) is 17.0. The second kappa shape index (κ2) is 7.47. The number of rotatable bonds is 4. The molecule has 1 aromatic carbocycles. The molecule has 6 nitrogen and oxygen atoms in total. The van der Waals surface area contributed by atoms with E-state index in [9.17, 15) is 4.79 Å². The molecule has 0 saturated heterocycles. The maximum absolute atomic E-state index is 13.0. The van der Waals surface area contributed by atoms with Crippen LogP contribution in [0.2, 0.25) is 0 Å². The molecule has 0 saturated carbocycles. The summed E-state index contributed by atoms with van der Waals surface area (Å²) in [5.41, 5.74) is 5.95. The SMILES string of the molecule is CCc1ccc(-n2nc(C)c3c(C(=O)Nc4ccc(C)cn4)cc(C)nc32)cc1. The van der Waals surface area contributed by atoms with Crippen LogP contribution in [0.25, 0.3) is 16.7 Å². The number of carbonyl (C=O) groups is 1. The van der Waals surface area contributed by atoms with Crippen LogP contribution in [0.4, 0.5) is 5.82 Å². The highest BCUT2D eigenvalue weighted by Gasteiger charge is 2.20. The Labute approximate surface area is 169 Å². The van der Waals surface area contributed by atoms with Crippen molar-refractivity contribution in [2.24, 2.45) is 0 Å². The quantitative estimate of drug-likeness (QED) is 0.559. The minimum Gasteiger partial charge on any atom is -0.307 e. The maximum Gasteiger partial charge on any atom is 0.257 e. The number of fused-ring (bicyclic) bond motifs is 1. The van der Waals surface area contributed by atoms with Gasteiger partial charge in [-0.05, 0) is 62.6 Å². The Kier molecular flexibility index (Phi) is 4.84. The van der Waals surface area contributed by atoms with Crippen molar-refractivity contribution >= 4 is 22.8 Å². The summed E-state index contributed by atoms with van der Waals surface area (Å²) in [5, 5.41) is 8.31. The van der Waals surface area contributed by atoms with E-state index in [1.165, 1.54) is 5.56 Å². The average Bonchev–Trinajstić information content (AvgIpc) is 3.05. The van der Waals surface area contributed by atoms with Gasteiger partial charge in [0, 0.05) is 11.9 Å². The van der Waals surface area contributed by atoms with E-state index in [0.717, 1.165) is 34.4 Å². The molecule has 0 spiro atoms. The fourth-order valence-corrected chi connectivity index (χ4v) is 3.37. The molecule has 3 aromatic heterocycles. The summed E-state index contributed by atoms with van der Waals surface area (Å²) < 4.78 is 1.80. The number of carbonyl (C=O) groups excluding carboxylic acids is 1. The number of nitrogens with one attached hydrogen (secondary N) is 1. The van der Waals surface area contributed by atoms with Gasteiger partial charge in [-0.2, -0.15) is 5.10 Å². The minimum atomic E-state index is -0.221. The Bertz CT molecular complexity index is 1190. The third-order valence-corrected chi connectivity index (χ3v) is 4.93. The van der Waals surface area contributed by atoms with Gasteiger partial charge in [0.05, 0.1) is 22.3 Å². The molecule has 146 valence electrons. The van der Waals surface area contributed by atoms with Crippen molar-refractivity contribution < 1.29 is 4.79 Å². The van der Waals surface area contributed by atoms with Crippen molar-refractivity contribution in [1.82, 2.24) is 19.7 Å². The third kappa shape index (κ3) is 3.61. The molecule has 4 aromatic rings. The van der Waals surface area contributed by atoms with E-state index in [-0.39, 0.29) is 5.91 Å². The van der Waals surface area contributed by atoms with Crippen molar-refractivity contribution in [2.75, 3.05) is 5.32 Å². The van der Waals surface area contributed by atoms with E-state index in [4.69, 9.17) is 0 Å². The molecule has 29 heavy (non-hydrogen) atoms. The van der Waals surface area contributed by atoms with Gasteiger partial charge >= 0.3 is 0 Å². The van der Waals surface area contributed by atoms with Crippen molar-refractivity contribution in [3.05, 3.63) is 76.7 Å².